The molecule has 2 heterocycles. The summed E-state index contributed by atoms with van der Waals surface area (Å²) in [5, 5.41) is 5.55. The average Bonchev–Trinajstić information content (AvgIpc) is 2.69. The van der Waals surface area contributed by atoms with Crippen molar-refractivity contribution in [2.24, 2.45) is 5.92 Å². The first-order chi connectivity index (χ1) is 8.49. The Morgan fingerprint density at radius 2 is 2.28 bits per heavy atom. The number of aryl methyl sites for hydroxylation is 1. The number of piperazine rings is 1. The Hall–Kier alpha value is -1.43. The summed E-state index contributed by atoms with van der Waals surface area (Å²) in [6.07, 6.45) is 0. The van der Waals surface area contributed by atoms with Gasteiger partial charge in [0.25, 0.3) is 0 Å². The van der Waals surface area contributed by atoms with Crippen molar-refractivity contribution >= 4 is 23.2 Å². The molecule has 0 bridgehead atoms. The van der Waals surface area contributed by atoms with Crippen LogP contribution in [0.4, 0.5) is 0 Å². The molecule has 98 valence electrons. The Labute approximate surface area is 110 Å². The standard InChI is InChI=1S/C12H17N3O2S/c1-7(2)11-12(17)13-4-10(16)15(11)5-9-6-18-8(3)14-9/h6-7,11H,4-5H2,1-3H3,(H,13,17). The molecule has 1 fully saturated rings. The van der Waals surface area contributed by atoms with Gasteiger partial charge in [-0.15, -0.1) is 11.3 Å². The monoisotopic (exact) mass is 267 g/mol. The lowest BCUT2D eigenvalue weighted by Crippen LogP contribution is -2.59. The van der Waals surface area contributed by atoms with Crippen LogP contribution in [0, 0.1) is 12.8 Å². The zero-order chi connectivity index (χ0) is 13.3. The molecule has 2 amide bonds. The molecule has 0 aromatic carbocycles. The van der Waals surface area contributed by atoms with Crippen molar-refractivity contribution in [1.29, 1.82) is 0 Å². The fourth-order valence-corrected chi connectivity index (χ4v) is 2.77. The van der Waals surface area contributed by atoms with Crippen molar-refractivity contribution in [2.45, 2.75) is 33.4 Å². The van der Waals surface area contributed by atoms with Gasteiger partial charge in [-0.25, -0.2) is 4.98 Å². The Bertz CT molecular complexity index is 470. The minimum Gasteiger partial charge on any atom is -0.345 e. The van der Waals surface area contributed by atoms with Crippen LogP contribution in [0.5, 0.6) is 0 Å². The van der Waals surface area contributed by atoms with Gasteiger partial charge in [0.15, 0.2) is 0 Å². The molecule has 6 heteroatoms. The van der Waals surface area contributed by atoms with Crippen LogP contribution >= 0.6 is 11.3 Å². The maximum Gasteiger partial charge on any atom is 0.243 e. The maximum atomic E-state index is 12.0. The van der Waals surface area contributed by atoms with E-state index in [0.717, 1.165) is 10.7 Å². The molecule has 0 aliphatic carbocycles. The Balaban J connectivity index is 2.20. The Kier molecular flexibility index (Phi) is 3.65. The molecule has 0 spiro atoms. The second kappa shape index (κ2) is 5.06. The van der Waals surface area contributed by atoms with Crippen LogP contribution in [-0.2, 0) is 16.1 Å². The summed E-state index contributed by atoms with van der Waals surface area (Å²) >= 11 is 1.56. The number of nitrogens with one attached hydrogen (secondary N) is 1. The van der Waals surface area contributed by atoms with Gasteiger partial charge in [-0.2, -0.15) is 0 Å². The predicted octanol–water partition coefficient (Wildman–Crippen LogP) is 0.935. The van der Waals surface area contributed by atoms with Crippen molar-refractivity contribution in [3.8, 4) is 0 Å². The molecule has 2 rings (SSSR count). The fraction of sp³-hybridized carbons (Fsp3) is 0.583. The van der Waals surface area contributed by atoms with E-state index in [-0.39, 0.29) is 24.3 Å². The summed E-state index contributed by atoms with van der Waals surface area (Å²) in [6.45, 7) is 6.33. The molecule has 18 heavy (non-hydrogen) atoms. The molecule has 0 saturated carbocycles. The molecule has 1 aliphatic rings. The summed E-state index contributed by atoms with van der Waals surface area (Å²) in [5.74, 6) is -0.0236. The molecule has 1 N–H and O–H groups in total. The van der Waals surface area contributed by atoms with E-state index in [9.17, 15) is 9.59 Å². The quantitative estimate of drug-likeness (QED) is 0.886. The van der Waals surface area contributed by atoms with Crippen LogP contribution in [0.25, 0.3) is 0 Å². The van der Waals surface area contributed by atoms with Crippen molar-refractivity contribution in [2.75, 3.05) is 6.54 Å². The van der Waals surface area contributed by atoms with Gasteiger partial charge in [0.1, 0.15) is 6.04 Å². The van der Waals surface area contributed by atoms with Gasteiger partial charge in [0.05, 0.1) is 23.8 Å². The first-order valence-corrected chi connectivity index (χ1v) is 6.85. The number of carbonyl (C=O) groups excluding carboxylic acids is 2. The summed E-state index contributed by atoms with van der Waals surface area (Å²) in [6, 6.07) is -0.395. The Morgan fingerprint density at radius 3 is 2.83 bits per heavy atom. The SMILES string of the molecule is Cc1nc(CN2C(=O)CNC(=O)C2C(C)C)cs1. The molecule has 1 aromatic heterocycles. The molecule has 1 aliphatic heterocycles. The normalized spacial score (nSPS) is 20.4. The van der Waals surface area contributed by atoms with Crippen LogP contribution in [0.2, 0.25) is 0 Å². The van der Waals surface area contributed by atoms with Crippen molar-refractivity contribution in [3.63, 3.8) is 0 Å². The van der Waals surface area contributed by atoms with E-state index < -0.39 is 6.04 Å². The molecule has 1 atom stereocenters. The van der Waals surface area contributed by atoms with Gasteiger partial charge in [-0.3, -0.25) is 9.59 Å². The lowest BCUT2D eigenvalue weighted by atomic mass is 9.99. The third kappa shape index (κ3) is 2.53. The van der Waals surface area contributed by atoms with Gasteiger partial charge in [-0.1, -0.05) is 13.8 Å². The van der Waals surface area contributed by atoms with Crippen LogP contribution in [-0.4, -0.2) is 34.3 Å². The van der Waals surface area contributed by atoms with Crippen LogP contribution in [0.1, 0.15) is 24.5 Å². The molecule has 1 saturated heterocycles. The number of nitrogens with zero attached hydrogens (tertiary/aromatic N) is 2. The molecule has 0 radical (unpaired) electrons. The van der Waals surface area contributed by atoms with E-state index in [1.807, 2.05) is 26.2 Å². The first kappa shape index (κ1) is 13.0. The highest BCUT2D eigenvalue weighted by Gasteiger charge is 2.36. The van der Waals surface area contributed by atoms with Crippen molar-refractivity contribution in [1.82, 2.24) is 15.2 Å². The van der Waals surface area contributed by atoms with Gasteiger partial charge >= 0.3 is 0 Å². The van der Waals surface area contributed by atoms with E-state index in [2.05, 4.69) is 10.3 Å². The van der Waals surface area contributed by atoms with Gasteiger partial charge in [0.2, 0.25) is 11.8 Å². The minimum absolute atomic E-state index is 0.0426. The highest BCUT2D eigenvalue weighted by atomic mass is 32.1. The maximum absolute atomic E-state index is 12.0. The minimum atomic E-state index is -0.395. The highest BCUT2D eigenvalue weighted by Crippen LogP contribution is 2.19. The third-order valence-electron chi connectivity index (χ3n) is 2.97. The van der Waals surface area contributed by atoms with E-state index >= 15 is 0 Å². The second-order valence-corrected chi connectivity index (χ2v) is 5.85. The molecular formula is C12H17N3O2S. The number of carbonyl (C=O) groups is 2. The highest BCUT2D eigenvalue weighted by molar-refractivity contribution is 7.09. The zero-order valence-corrected chi connectivity index (χ0v) is 11.6. The van der Waals surface area contributed by atoms with Crippen LogP contribution < -0.4 is 5.32 Å². The average molecular weight is 267 g/mol. The van der Waals surface area contributed by atoms with Crippen molar-refractivity contribution < 1.29 is 9.59 Å². The lowest BCUT2D eigenvalue weighted by molar-refractivity contribution is -0.148. The van der Waals surface area contributed by atoms with Gasteiger partial charge < -0.3 is 10.2 Å². The Morgan fingerprint density at radius 1 is 1.56 bits per heavy atom. The lowest BCUT2D eigenvalue weighted by Gasteiger charge is -2.36. The fourth-order valence-electron chi connectivity index (χ4n) is 2.17. The van der Waals surface area contributed by atoms with Gasteiger partial charge in [0, 0.05) is 5.38 Å². The number of aromatic nitrogens is 1. The van der Waals surface area contributed by atoms with Gasteiger partial charge in [-0.05, 0) is 12.8 Å². The first-order valence-electron chi connectivity index (χ1n) is 5.97. The van der Waals surface area contributed by atoms with Crippen molar-refractivity contribution in [3.05, 3.63) is 16.1 Å². The molecule has 1 aromatic rings. The predicted molar refractivity (Wildman–Crippen MR) is 69.0 cm³/mol. The van der Waals surface area contributed by atoms with Crippen LogP contribution in [0.3, 0.4) is 0 Å². The number of thiazole rings is 1. The largest absolute Gasteiger partial charge is 0.345 e. The zero-order valence-electron chi connectivity index (χ0n) is 10.8. The number of amides is 2. The number of hydrogen-bond donors (Lipinski definition) is 1. The third-order valence-corrected chi connectivity index (χ3v) is 3.79. The molecular weight excluding hydrogens is 250 g/mol. The summed E-state index contributed by atoms with van der Waals surface area (Å²) in [5.41, 5.74) is 0.853. The summed E-state index contributed by atoms with van der Waals surface area (Å²) in [4.78, 5) is 29.8. The second-order valence-electron chi connectivity index (χ2n) is 4.79. The van der Waals surface area contributed by atoms with E-state index in [4.69, 9.17) is 0 Å². The number of hydrogen-bond acceptors (Lipinski definition) is 4. The topological polar surface area (TPSA) is 62.3 Å². The molecule has 1 unspecified atom stereocenters. The summed E-state index contributed by atoms with van der Waals surface area (Å²) < 4.78 is 0. The van der Waals surface area contributed by atoms with E-state index in [1.165, 1.54) is 0 Å². The summed E-state index contributed by atoms with van der Waals surface area (Å²) in [7, 11) is 0. The van der Waals surface area contributed by atoms with E-state index in [1.54, 1.807) is 16.2 Å². The smallest absolute Gasteiger partial charge is 0.243 e. The molecule has 5 nitrogen and oxygen atoms in total. The number of rotatable bonds is 3. The van der Waals surface area contributed by atoms with E-state index in [0.29, 0.717) is 6.54 Å². The van der Waals surface area contributed by atoms with Crippen LogP contribution in [0.15, 0.2) is 5.38 Å².